The van der Waals surface area contributed by atoms with Crippen molar-refractivity contribution in [1.29, 1.82) is 0 Å². The number of halogens is 2. The second kappa shape index (κ2) is 5.02. The molecular weight excluding hydrogens is 277 g/mol. The molecular formula is C15H15ClFN3. The Balaban J connectivity index is 1.96. The molecule has 0 amide bonds. The standard InChI is InChI=1S/C15H15ClFN3/c1-8-5-11(17)7-12(6-8)18-14-9(2)13(16)19-15(20-14)10-3-4-10/h5-7,10H,3-4H2,1-2H3,(H,18,19,20). The van der Waals surface area contributed by atoms with Crippen molar-refractivity contribution in [3.05, 3.63) is 46.1 Å². The summed E-state index contributed by atoms with van der Waals surface area (Å²) in [4.78, 5) is 8.83. The number of hydrogen-bond donors (Lipinski definition) is 1. The minimum Gasteiger partial charge on any atom is -0.340 e. The molecule has 1 aliphatic rings. The summed E-state index contributed by atoms with van der Waals surface area (Å²) in [5.74, 6) is 1.57. The summed E-state index contributed by atoms with van der Waals surface area (Å²) in [6.07, 6.45) is 2.22. The summed E-state index contributed by atoms with van der Waals surface area (Å²) in [7, 11) is 0. The van der Waals surface area contributed by atoms with Gasteiger partial charge in [-0.05, 0) is 50.5 Å². The summed E-state index contributed by atoms with van der Waals surface area (Å²) < 4.78 is 13.4. The highest BCUT2D eigenvalue weighted by molar-refractivity contribution is 6.30. The number of aryl methyl sites for hydroxylation is 1. The second-order valence-electron chi connectivity index (χ2n) is 5.26. The van der Waals surface area contributed by atoms with Crippen LogP contribution in [0, 0.1) is 19.7 Å². The zero-order valence-electron chi connectivity index (χ0n) is 11.4. The molecule has 0 bridgehead atoms. The molecule has 0 saturated heterocycles. The largest absolute Gasteiger partial charge is 0.340 e. The Morgan fingerprint density at radius 2 is 1.95 bits per heavy atom. The monoisotopic (exact) mass is 291 g/mol. The molecule has 0 spiro atoms. The van der Waals surface area contributed by atoms with E-state index in [0.717, 1.165) is 29.8 Å². The van der Waals surface area contributed by atoms with E-state index in [0.29, 0.717) is 22.6 Å². The molecule has 1 aromatic carbocycles. The van der Waals surface area contributed by atoms with Gasteiger partial charge in [-0.2, -0.15) is 0 Å². The van der Waals surface area contributed by atoms with Crippen LogP contribution in [-0.2, 0) is 0 Å². The van der Waals surface area contributed by atoms with Gasteiger partial charge in [0.15, 0.2) is 0 Å². The normalized spacial score (nSPS) is 14.4. The predicted octanol–water partition coefficient (Wildman–Crippen LogP) is 4.51. The summed E-state index contributed by atoms with van der Waals surface area (Å²) in [6, 6.07) is 4.80. The van der Waals surface area contributed by atoms with Gasteiger partial charge >= 0.3 is 0 Å². The van der Waals surface area contributed by atoms with Crippen molar-refractivity contribution < 1.29 is 4.39 Å². The number of rotatable bonds is 3. The molecule has 0 unspecified atom stereocenters. The van der Waals surface area contributed by atoms with Crippen LogP contribution < -0.4 is 5.32 Å². The average Bonchev–Trinajstić information content (AvgIpc) is 3.17. The zero-order valence-corrected chi connectivity index (χ0v) is 12.1. The minimum absolute atomic E-state index is 0.271. The van der Waals surface area contributed by atoms with Crippen molar-refractivity contribution >= 4 is 23.1 Å². The number of aromatic nitrogens is 2. The highest BCUT2D eigenvalue weighted by atomic mass is 35.5. The van der Waals surface area contributed by atoms with Crippen LogP contribution in [0.3, 0.4) is 0 Å². The molecule has 0 aliphatic heterocycles. The maximum absolute atomic E-state index is 13.4. The number of nitrogens with one attached hydrogen (secondary N) is 1. The van der Waals surface area contributed by atoms with E-state index < -0.39 is 0 Å². The van der Waals surface area contributed by atoms with Gasteiger partial charge in [0.25, 0.3) is 0 Å². The quantitative estimate of drug-likeness (QED) is 0.846. The SMILES string of the molecule is Cc1cc(F)cc(Nc2nc(C3CC3)nc(Cl)c2C)c1. The van der Waals surface area contributed by atoms with Gasteiger partial charge < -0.3 is 5.32 Å². The maximum Gasteiger partial charge on any atom is 0.138 e. The van der Waals surface area contributed by atoms with Gasteiger partial charge in [-0.15, -0.1) is 0 Å². The Morgan fingerprint density at radius 1 is 1.20 bits per heavy atom. The molecule has 20 heavy (non-hydrogen) atoms. The van der Waals surface area contributed by atoms with Crippen LogP contribution in [-0.4, -0.2) is 9.97 Å². The van der Waals surface area contributed by atoms with Crippen molar-refractivity contribution in [2.45, 2.75) is 32.6 Å². The van der Waals surface area contributed by atoms with E-state index in [9.17, 15) is 4.39 Å². The molecule has 1 N–H and O–H groups in total. The molecule has 1 fully saturated rings. The van der Waals surface area contributed by atoms with Gasteiger partial charge in [-0.25, -0.2) is 14.4 Å². The molecule has 1 heterocycles. The van der Waals surface area contributed by atoms with Crippen molar-refractivity contribution in [3.63, 3.8) is 0 Å². The fourth-order valence-corrected chi connectivity index (χ4v) is 2.27. The third-order valence-electron chi connectivity index (χ3n) is 3.35. The van der Waals surface area contributed by atoms with Crippen LogP contribution in [0.25, 0.3) is 0 Å². The smallest absolute Gasteiger partial charge is 0.138 e. The Morgan fingerprint density at radius 3 is 2.60 bits per heavy atom. The van der Waals surface area contributed by atoms with Crippen LogP contribution in [0.4, 0.5) is 15.9 Å². The zero-order chi connectivity index (χ0) is 14.3. The second-order valence-corrected chi connectivity index (χ2v) is 5.62. The van der Waals surface area contributed by atoms with Gasteiger partial charge in [0.2, 0.25) is 0 Å². The Hall–Kier alpha value is -1.68. The highest BCUT2D eigenvalue weighted by Gasteiger charge is 2.28. The van der Waals surface area contributed by atoms with Gasteiger partial charge in [0.05, 0.1) is 0 Å². The molecule has 0 atom stereocenters. The highest BCUT2D eigenvalue weighted by Crippen LogP contribution is 2.39. The molecule has 3 rings (SSSR count). The van der Waals surface area contributed by atoms with E-state index in [1.165, 1.54) is 12.1 Å². The summed E-state index contributed by atoms with van der Waals surface area (Å²) in [5.41, 5.74) is 2.30. The lowest BCUT2D eigenvalue weighted by Crippen LogP contribution is -2.03. The van der Waals surface area contributed by atoms with Gasteiger partial charge in [-0.3, -0.25) is 0 Å². The number of hydrogen-bond acceptors (Lipinski definition) is 3. The minimum atomic E-state index is -0.271. The Bertz CT molecular complexity index is 648. The lowest BCUT2D eigenvalue weighted by molar-refractivity contribution is 0.627. The van der Waals surface area contributed by atoms with Crippen LogP contribution in [0.2, 0.25) is 5.15 Å². The lowest BCUT2D eigenvalue weighted by atomic mass is 10.2. The third-order valence-corrected chi connectivity index (χ3v) is 3.72. The van der Waals surface area contributed by atoms with Gasteiger partial charge in [-0.1, -0.05) is 11.6 Å². The van der Waals surface area contributed by atoms with Crippen LogP contribution in [0.5, 0.6) is 0 Å². The first kappa shape index (κ1) is 13.3. The predicted molar refractivity (Wildman–Crippen MR) is 78.2 cm³/mol. The number of benzene rings is 1. The molecule has 104 valence electrons. The molecule has 1 saturated carbocycles. The third kappa shape index (κ3) is 2.75. The molecule has 5 heteroatoms. The summed E-state index contributed by atoms with van der Waals surface area (Å²) >= 11 is 6.15. The molecule has 3 nitrogen and oxygen atoms in total. The van der Waals surface area contributed by atoms with Crippen molar-refractivity contribution in [2.24, 2.45) is 0 Å². The fraction of sp³-hybridized carbons (Fsp3) is 0.333. The fourth-order valence-electron chi connectivity index (χ4n) is 2.10. The molecule has 1 aliphatic carbocycles. The lowest BCUT2D eigenvalue weighted by Gasteiger charge is -2.12. The average molecular weight is 292 g/mol. The number of nitrogens with zero attached hydrogens (tertiary/aromatic N) is 2. The van der Waals surface area contributed by atoms with Crippen LogP contribution in [0.1, 0.15) is 35.7 Å². The number of anilines is 2. The maximum atomic E-state index is 13.4. The summed E-state index contributed by atoms with van der Waals surface area (Å²) in [5, 5.41) is 3.60. The topological polar surface area (TPSA) is 37.8 Å². The Kier molecular flexibility index (Phi) is 3.34. The van der Waals surface area contributed by atoms with E-state index in [2.05, 4.69) is 15.3 Å². The van der Waals surface area contributed by atoms with E-state index in [1.807, 2.05) is 19.9 Å². The van der Waals surface area contributed by atoms with Crippen LogP contribution >= 0.6 is 11.6 Å². The first-order valence-corrected chi connectivity index (χ1v) is 6.99. The van der Waals surface area contributed by atoms with Gasteiger partial charge in [0.1, 0.15) is 22.6 Å². The first-order valence-electron chi connectivity index (χ1n) is 6.61. The van der Waals surface area contributed by atoms with Crippen molar-refractivity contribution in [3.8, 4) is 0 Å². The van der Waals surface area contributed by atoms with Crippen LogP contribution in [0.15, 0.2) is 18.2 Å². The summed E-state index contributed by atoms with van der Waals surface area (Å²) in [6.45, 7) is 3.71. The van der Waals surface area contributed by atoms with Crippen molar-refractivity contribution in [2.75, 3.05) is 5.32 Å². The van der Waals surface area contributed by atoms with Crippen molar-refractivity contribution in [1.82, 2.24) is 9.97 Å². The first-order chi connectivity index (χ1) is 9.52. The van der Waals surface area contributed by atoms with E-state index >= 15 is 0 Å². The van der Waals surface area contributed by atoms with E-state index in [4.69, 9.17) is 11.6 Å². The molecule has 0 radical (unpaired) electrons. The van der Waals surface area contributed by atoms with E-state index in [-0.39, 0.29) is 5.82 Å². The Labute approximate surface area is 122 Å². The van der Waals surface area contributed by atoms with Gasteiger partial charge in [0, 0.05) is 17.2 Å². The molecule has 2 aromatic rings. The molecule has 1 aromatic heterocycles. The van der Waals surface area contributed by atoms with E-state index in [1.54, 1.807) is 0 Å².